The normalized spacial score (nSPS) is 12.3. The number of carbonyl (C=O) groups excluding carboxylic acids is 1. The van der Waals surface area contributed by atoms with Crippen LogP contribution in [0, 0.1) is 13.8 Å². The summed E-state index contributed by atoms with van der Waals surface area (Å²) in [6.45, 7) is 8.04. The van der Waals surface area contributed by atoms with E-state index in [0.717, 1.165) is 33.9 Å². The number of carbonyl (C=O) groups is 1. The van der Waals surface area contributed by atoms with Crippen LogP contribution in [-0.4, -0.2) is 39.8 Å². The average molecular weight is 419 g/mol. The molecule has 158 valence electrons. The molecule has 0 aliphatic carbocycles. The van der Waals surface area contributed by atoms with Crippen molar-refractivity contribution < 1.29 is 17.9 Å². The van der Waals surface area contributed by atoms with Crippen molar-refractivity contribution in [1.29, 1.82) is 0 Å². The number of benzene rings is 2. The molecule has 1 N–H and O–H groups in total. The Bertz CT molecular complexity index is 920. The zero-order valence-corrected chi connectivity index (χ0v) is 18.5. The van der Waals surface area contributed by atoms with Gasteiger partial charge in [0.05, 0.1) is 18.5 Å². The van der Waals surface area contributed by atoms with Gasteiger partial charge in [-0.15, -0.1) is 0 Å². The van der Waals surface area contributed by atoms with E-state index in [0.29, 0.717) is 12.3 Å². The zero-order chi connectivity index (χ0) is 21.6. The lowest BCUT2D eigenvalue weighted by molar-refractivity contribution is -0.121. The molecule has 0 saturated heterocycles. The molecule has 7 heteroatoms. The number of hydrogen-bond acceptors (Lipinski definition) is 4. The van der Waals surface area contributed by atoms with Gasteiger partial charge in [-0.05, 0) is 68.1 Å². The summed E-state index contributed by atoms with van der Waals surface area (Å²) >= 11 is 0. The van der Waals surface area contributed by atoms with Crippen LogP contribution >= 0.6 is 0 Å². The third kappa shape index (κ3) is 6.49. The van der Waals surface area contributed by atoms with Crippen LogP contribution in [0.4, 0.5) is 5.69 Å². The summed E-state index contributed by atoms with van der Waals surface area (Å²) in [6, 6.07) is 12.4. The van der Waals surface area contributed by atoms with Crippen LogP contribution in [0.25, 0.3) is 0 Å². The number of aryl methyl sites for hydroxylation is 3. The van der Waals surface area contributed by atoms with E-state index in [4.69, 9.17) is 4.74 Å². The number of hydrogen-bond donors (Lipinski definition) is 1. The van der Waals surface area contributed by atoms with E-state index in [1.165, 1.54) is 5.56 Å². The maximum Gasteiger partial charge on any atom is 0.243 e. The minimum Gasteiger partial charge on any atom is -0.492 e. The largest absolute Gasteiger partial charge is 0.492 e. The molecule has 1 amide bonds. The lowest BCUT2D eigenvalue weighted by Gasteiger charge is -2.28. The molecule has 0 radical (unpaired) electrons. The van der Waals surface area contributed by atoms with Gasteiger partial charge in [0.2, 0.25) is 15.9 Å². The molecule has 0 unspecified atom stereocenters. The van der Waals surface area contributed by atoms with Gasteiger partial charge >= 0.3 is 0 Å². The van der Waals surface area contributed by atoms with Crippen molar-refractivity contribution >= 4 is 21.6 Å². The number of nitrogens with one attached hydrogen (secondary N) is 1. The summed E-state index contributed by atoms with van der Waals surface area (Å²) in [5, 5.41) is 2.76. The minimum atomic E-state index is -3.63. The smallest absolute Gasteiger partial charge is 0.243 e. The quantitative estimate of drug-likeness (QED) is 0.635. The molecule has 2 aromatic carbocycles. The molecular formula is C22H30N2O4S. The van der Waals surface area contributed by atoms with Gasteiger partial charge in [0, 0.05) is 0 Å². The monoisotopic (exact) mass is 418 g/mol. The molecule has 6 nitrogen and oxygen atoms in total. The topological polar surface area (TPSA) is 75.7 Å². The van der Waals surface area contributed by atoms with Crippen LogP contribution in [0.5, 0.6) is 5.75 Å². The lowest BCUT2D eigenvalue weighted by Crippen LogP contribution is -2.48. The second-order valence-electron chi connectivity index (χ2n) is 7.22. The van der Waals surface area contributed by atoms with Crippen molar-refractivity contribution in [2.45, 2.75) is 40.2 Å². The Balaban J connectivity index is 1.99. The Hall–Kier alpha value is -2.54. The average Bonchev–Trinajstić information content (AvgIpc) is 2.63. The number of nitrogens with zero attached hydrogens (tertiary/aromatic N) is 1. The maximum atomic E-state index is 12.6. The van der Waals surface area contributed by atoms with Crippen molar-refractivity contribution in [1.82, 2.24) is 5.32 Å². The fourth-order valence-electron chi connectivity index (χ4n) is 3.20. The van der Waals surface area contributed by atoms with Gasteiger partial charge in [-0.3, -0.25) is 9.10 Å². The summed E-state index contributed by atoms with van der Waals surface area (Å²) in [5.41, 5.74) is 3.58. The highest BCUT2D eigenvalue weighted by Gasteiger charge is 2.29. The fraction of sp³-hybridized carbons (Fsp3) is 0.409. The van der Waals surface area contributed by atoms with Crippen LogP contribution in [0.1, 0.15) is 30.5 Å². The summed E-state index contributed by atoms with van der Waals surface area (Å²) < 4.78 is 31.6. The molecule has 0 fully saturated rings. The van der Waals surface area contributed by atoms with Crippen LogP contribution in [0.2, 0.25) is 0 Å². The first-order valence-corrected chi connectivity index (χ1v) is 11.5. The Kier molecular flexibility index (Phi) is 7.67. The Morgan fingerprint density at radius 2 is 1.69 bits per heavy atom. The van der Waals surface area contributed by atoms with E-state index in [1.807, 2.05) is 44.2 Å². The second-order valence-corrected chi connectivity index (χ2v) is 9.08. The van der Waals surface area contributed by atoms with Crippen LogP contribution in [0.15, 0.2) is 42.5 Å². The fourth-order valence-corrected chi connectivity index (χ4v) is 4.36. The minimum absolute atomic E-state index is 0.281. The van der Waals surface area contributed by atoms with E-state index in [-0.39, 0.29) is 12.5 Å². The first-order valence-electron chi connectivity index (χ1n) is 9.69. The number of rotatable bonds is 9. The van der Waals surface area contributed by atoms with Crippen molar-refractivity contribution in [3.8, 4) is 5.75 Å². The maximum absolute atomic E-state index is 12.6. The highest BCUT2D eigenvalue weighted by Crippen LogP contribution is 2.23. The molecule has 0 heterocycles. The highest BCUT2D eigenvalue weighted by atomic mass is 32.2. The molecular weight excluding hydrogens is 388 g/mol. The van der Waals surface area contributed by atoms with E-state index >= 15 is 0 Å². The Morgan fingerprint density at radius 3 is 2.21 bits per heavy atom. The van der Waals surface area contributed by atoms with Gasteiger partial charge in [0.15, 0.2) is 0 Å². The molecule has 0 aromatic heterocycles. The van der Waals surface area contributed by atoms with Gasteiger partial charge in [0.1, 0.15) is 18.4 Å². The molecule has 0 spiro atoms. The van der Waals surface area contributed by atoms with E-state index in [1.54, 1.807) is 19.1 Å². The van der Waals surface area contributed by atoms with Crippen molar-refractivity contribution in [2.75, 3.05) is 23.7 Å². The van der Waals surface area contributed by atoms with E-state index < -0.39 is 16.1 Å². The number of ether oxygens (including phenoxy) is 1. The first-order chi connectivity index (χ1) is 13.6. The second kappa shape index (κ2) is 9.78. The predicted octanol–water partition coefficient (Wildman–Crippen LogP) is 3.22. The SMILES string of the molecule is CCc1ccc(OCCNC(=O)[C@@H](C)N(c2cc(C)cc(C)c2)S(C)(=O)=O)cc1. The third-order valence-corrected chi connectivity index (χ3v) is 5.79. The van der Waals surface area contributed by atoms with Crippen LogP contribution < -0.4 is 14.4 Å². The molecule has 2 rings (SSSR count). The first kappa shape index (κ1) is 22.7. The molecule has 2 aromatic rings. The Morgan fingerprint density at radius 1 is 1.10 bits per heavy atom. The highest BCUT2D eigenvalue weighted by molar-refractivity contribution is 7.92. The van der Waals surface area contributed by atoms with Gasteiger partial charge in [-0.25, -0.2) is 8.42 Å². The predicted molar refractivity (Wildman–Crippen MR) is 117 cm³/mol. The van der Waals surface area contributed by atoms with Gasteiger partial charge < -0.3 is 10.1 Å². The summed E-state index contributed by atoms with van der Waals surface area (Å²) in [4.78, 5) is 12.6. The van der Waals surface area contributed by atoms with E-state index in [2.05, 4.69) is 12.2 Å². The number of amides is 1. The number of sulfonamides is 1. The van der Waals surface area contributed by atoms with Gasteiger partial charge in [-0.1, -0.05) is 25.1 Å². The van der Waals surface area contributed by atoms with Crippen LogP contribution in [0.3, 0.4) is 0 Å². The Labute approximate surface area is 173 Å². The van der Waals surface area contributed by atoms with Crippen molar-refractivity contribution in [3.05, 3.63) is 59.2 Å². The molecule has 1 atom stereocenters. The van der Waals surface area contributed by atoms with E-state index in [9.17, 15) is 13.2 Å². The van der Waals surface area contributed by atoms with Crippen molar-refractivity contribution in [2.24, 2.45) is 0 Å². The van der Waals surface area contributed by atoms with Crippen molar-refractivity contribution in [3.63, 3.8) is 0 Å². The van der Waals surface area contributed by atoms with Gasteiger partial charge in [0.25, 0.3) is 0 Å². The van der Waals surface area contributed by atoms with Crippen LogP contribution in [-0.2, 0) is 21.2 Å². The molecule has 0 saturated carbocycles. The number of anilines is 1. The standard InChI is InChI=1S/C22H30N2O4S/c1-6-19-7-9-21(10-8-19)28-12-11-23-22(25)18(4)24(29(5,26)27)20-14-16(2)13-17(3)15-20/h7-10,13-15,18H,6,11-12H2,1-5H3,(H,23,25)/t18-/m1/s1. The molecule has 0 bridgehead atoms. The summed E-state index contributed by atoms with van der Waals surface area (Å²) in [6.07, 6.45) is 2.07. The lowest BCUT2D eigenvalue weighted by atomic mass is 10.1. The zero-order valence-electron chi connectivity index (χ0n) is 17.7. The summed E-state index contributed by atoms with van der Waals surface area (Å²) in [5.74, 6) is 0.358. The third-order valence-electron chi connectivity index (χ3n) is 4.55. The molecule has 0 aliphatic rings. The van der Waals surface area contributed by atoms with Gasteiger partial charge in [-0.2, -0.15) is 0 Å². The molecule has 0 aliphatic heterocycles. The molecule has 29 heavy (non-hydrogen) atoms. The summed E-state index contributed by atoms with van der Waals surface area (Å²) in [7, 11) is -3.63.